The van der Waals surface area contributed by atoms with Crippen molar-refractivity contribution in [2.45, 2.75) is 12.8 Å². The highest BCUT2D eigenvalue weighted by Crippen LogP contribution is 2.31. The molecule has 5 nitrogen and oxygen atoms in total. The molecule has 1 heterocycles. The summed E-state index contributed by atoms with van der Waals surface area (Å²) in [4.78, 5) is 23.6. The topological polar surface area (TPSA) is 66.8 Å². The Kier molecular flexibility index (Phi) is 3.27. The van der Waals surface area contributed by atoms with Crippen LogP contribution in [0.3, 0.4) is 0 Å². The summed E-state index contributed by atoms with van der Waals surface area (Å²) >= 11 is 0. The van der Waals surface area contributed by atoms with Gasteiger partial charge in [-0.25, -0.2) is 4.79 Å². The highest BCUT2D eigenvalue weighted by molar-refractivity contribution is 5.84. The molecular formula is C12H13NO4. The lowest BCUT2D eigenvalue weighted by molar-refractivity contribution is -0.137. The number of fused-ring (bicyclic) bond motifs is 1. The summed E-state index contributed by atoms with van der Waals surface area (Å²) < 4.78 is 5.09. The van der Waals surface area contributed by atoms with Gasteiger partial charge < -0.3 is 14.7 Å². The average Bonchev–Trinajstić information content (AvgIpc) is 2.28. The van der Waals surface area contributed by atoms with Gasteiger partial charge in [0.2, 0.25) is 0 Å². The van der Waals surface area contributed by atoms with Crippen molar-refractivity contribution in [2.24, 2.45) is 0 Å². The molecule has 0 fully saturated rings. The van der Waals surface area contributed by atoms with Gasteiger partial charge in [-0.05, 0) is 18.6 Å². The molecule has 0 aromatic heterocycles. The van der Waals surface area contributed by atoms with Crippen molar-refractivity contribution in [1.82, 2.24) is 0 Å². The lowest BCUT2D eigenvalue weighted by Crippen LogP contribution is -2.37. The Morgan fingerprint density at radius 3 is 2.94 bits per heavy atom. The molecule has 17 heavy (non-hydrogen) atoms. The van der Waals surface area contributed by atoms with Gasteiger partial charge in [0.05, 0.1) is 5.69 Å². The first-order chi connectivity index (χ1) is 8.16. The van der Waals surface area contributed by atoms with Crippen molar-refractivity contribution in [2.75, 3.05) is 18.0 Å². The van der Waals surface area contributed by atoms with E-state index in [2.05, 4.69) is 0 Å². The van der Waals surface area contributed by atoms with E-state index in [1.807, 2.05) is 17.0 Å². The van der Waals surface area contributed by atoms with Crippen LogP contribution in [0.1, 0.15) is 12.8 Å². The average molecular weight is 235 g/mol. The summed E-state index contributed by atoms with van der Waals surface area (Å²) in [5.41, 5.74) is 0.845. The fourth-order valence-electron chi connectivity index (χ4n) is 1.82. The van der Waals surface area contributed by atoms with Gasteiger partial charge in [0.15, 0.2) is 5.75 Å². The predicted molar refractivity (Wildman–Crippen MR) is 61.2 cm³/mol. The van der Waals surface area contributed by atoms with Crippen molar-refractivity contribution in [1.29, 1.82) is 0 Å². The molecule has 0 saturated carbocycles. The number of aliphatic carboxylic acids is 1. The van der Waals surface area contributed by atoms with Crippen LogP contribution in [0.25, 0.3) is 0 Å². The highest BCUT2D eigenvalue weighted by Gasteiger charge is 2.23. The zero-order valence-corrected chi connectivity index (χ0v) is 9.26. The van der Waals surface area contributed by atoms with E-state index >= 15 is 0 Å². The minimum atomic E-state index is -0.821. The number of hydrogen-bond donors (Lipinski definition) is 1. The van der Waals surface area contributed by atoms with Crippen LogP contribution in [0.15, 0.2) is 24.3 Å². The van der Waals surface area contributed by atoms with E-state index in [-0.39, 0.29) is 18.9 Å². The standard InChI is InChI=1S/C12H13NO4/c14-11(15)6-3-7-13-8-12(16)17-10-5-2-1-4-9(10)13/h1-2,4-5H,3,6-8H2,(H,14,15). The molecule has 0 aliphatic carbocycles. The minimum Gasteiger partial charge on any atom is -0.481 e. The summed E-state index contributed by atoms with van der Waals surface area (Å²) in [6.45, 7) is 0.717. The van der Waals surface area contributed by atoms with E-state index in [9.17, 15) is 9.59 Å². The molecule has 0 atom stereocenters. The number of nitrogens with zero attached hydrogens (tertiary/aromatic N) is 1. The third-order valence-corrected chi connectivity index (χ3v) is 2.57. The van der Waals surface area contributed by atoms with Gasteiger partial charge in [-0.15, -0.1) is 0 Å². The van der Waals surface area contributed by atoms with Crippen LogP contribution in [0.5, 0.6) is 5.75 Å². The summed E-state index contributed by atoms with van der Waals surface area (Å²) in [5, 5.41) is 8.58. The van der Waals surface area contributed by atoms with Crippen LogP contribution in [0.2, 0.25) is 0 Å². The molecule has 1 aliphatic heterocycles. The maximum atomic E-state index is 11.4. The molecular weight excluding hydrogens is 222 g/mol. The monoisotopic (exact) mass is 235 g/mol. The molecule has 90 valence electrons. The Hall–Kier alpha value is -2.04. The Balaban J connectivity index is 2.07. The van der Waals surface area contributed by atoms with Gasteiger partial charge >= 0.3 is 11.9 Å². The van der Waals surface area contributed by atoms with E-state index in [1.54, 1.807) is 12.1 Å². The molecule has 5 heteroatoms. The van der Waals surface area contributed by atoms with Gasteiger partial charge in [0.1, 0.15) is 6.54 Å². The molecule has 2 rings (SSSR count). The minimum absolute atomic E-state index is 0.105. The number of carbonyl (C=O) groups excluding carboxylic acids is 1. The van der Waals surface area contributed by atoms with Gasteiger partial charge in [0, 0.05) is 13.0 Å². The molecule has 0 amide bonds. The van der Waals surface area contributed by atoms with Crippen LogP contribution in [-0.4, -0.2) is 30.1 Å². The SMILES string of the molecule is O=C(O)CCCN1CC(=O)Oc2ccccc21. The Morgan fingerprint density at radius 1 is 1.41 bits per heavy atom. The number of hydrogen-bond acceptors (Lipinski definition) is 4. The molecule has 1 aromatic carbocycles. The molecule has 0 bridgehead atoms. The number of esters is 1. The van der Waals surface area contributed by atoms with Crippen LogP contribution < -0.4 is 9.64 Å². The second kappa shape index (κ2) is 4.86. The molecule has 0 saturated heterocycles. The number of carboxylic acids is 1. The van der Waals surface area contributed by atoms with Crippen LogP contribution in [0.4, 0.5) is 5.69 Å². The van der Waals surface area contributed by atoms with Crippen molar-refractivity contribution in [3.8, 4) is 5.75 Å². The number of carbonyl (C=O) groups is 2. The van der Waals surface area contributed by atoms with Gasteiger partial charge in [0.25, 0.3) is 0 Å². The lowest BCUT2D eigenvalue weighted by Gasteiger charge is -2.29. The third kappa shape index (κ3) is 2.75. The first-order valence-corrected chi connectivity index (χ1v) is 5.43. The van der Waals surface area contributed by atoms with Gasteiger partial charge in [-0.3, -0.25) is 4.79 Å². The summed E-state index contributed by atoms with van der Waals surface area (Å²) in [5.74, 6) is -0.587. The van der Waals surface area contributed by atoms with E-state index in [1.165, 1.54) is 0 Å². The molecule has 0 unspecified atom stereocenters. The summed E-state index contributed by atoms with van der Waals surface area (Å²) in [6, 6.07) is 7.26. The number of rotatable bonds is 4. The molecule has 0 radical (unpaired) electrons. The zero-order chi connectivity index (χ0) is 12.3. The van der Waals surface area contributed by atoms with Crippen molar-refractivity contribution >= 4 is 17.6 Å². The maximum Gasteiger partial charge on any atom is 0.331 e. The number of benzene rings is 1. The number of ether oxygens (including phenoxy) is 1. The maximum absolute atomic E-state index is 11.4. The number of carboxylic acid groups (broad SMARTS) is 1. The molecule has 1 N–H and O–H groups in total. The van der Waals surface area contributed by atoms with Crippen LogP contribution in [0, 0.1) is 0 Å². The van der Waals surface area contributed by atoms with E-state index in [4.69, 9.17) is 9.84 Å². The molecule has 0 spiro atoms. The van der Waals surface area contributed by atoms with Gasteiger partial charge in [-0.2, -0.15) is 0 Å². The second-order valence-corrected chi connectivity index (χ2v) is 3.86. The van der Waals surface area contributed by atoms with Crippen LogP contribution >= 0.6 is 0 Å². The van der Waals surface area contributed by atoms with Gasteiger partial charge in [-0.1, -0.05) is 12.1 Å². The van der Waals surface area contributed by atoms with Crippen molar-refractivity contribution in [3.05, 3.63) is 24.3 Å². The number of anilines is 1. The second-order valence-electron chi connectivity index (χ2n) is 3.86. The Morgan fingerprint density at radius 2 is 2.18 bits per heavy atom. The summed E-state index contributed by atoms with van der Waals surface area (Å²) in [6.07, 6.45) is 0.616. The van der Waals surface area contributed by atoms with E-state index < -0.39 is 5.97 Å². The normalized spacial score (nSPS) is 14.1. The number of para-hydroxylation sites is 2. The molecule has 1 aromatic rings. The Bertz CT molecular complexity index is 444. The third-order valence-electron chi connectivity index (χ3n) is 2.57. The fraction of sp³-hybridized carbons (Fsp3) is 0.333. The smallest absolute Gasteiger partial charge is 0.331 e. The quantitative estimate of drug-likeness (QED) is 0.629. The first-order valence-electron chi connectivity index (χ1n) is 5.43. The lowest BCUT2D eigenvalue weighted by atomic mass is 10.2. The van der Waals surface area contributed by atoms with Crippen LogP contribution in [-0.2, 0) is 9.59 Å². The largest absolute Gasteiger partial charge is 0.481 e. The first kappa shape index (κ1) is 11.4. The zero-order valence-electron chi connectivity index (χ0n) is 9.26. The van der Waals surface area contributed by atoms with Crippen molar-refractivity contribution < 1.29 is 19.4 Å². The highest BCUT2D eigenvalue weighted by atomic mass is 16.5. The van der Waals surface area contributed by atoms with E-state index in [0.717, 1.165) is 5.69 Å². The predicted octanol–water partition coefficient (Wildman–Crippen LogP) is 1.28. The fourth-order valence-corrected chi connectivity index (χ4v) is 1.82. The Labute approximate surface area is 98.6 Å². The summed E-state index contributed by atoms with van der Waals surface area (Å²) in [7, 11) is 0. The van der Waals surface area contributed by atoms with Crippen molar-refractivity contribution in [3.63, 3.8) is 0 Å². The van der Waals surface area contributed by atoms with E-state index in [0.29, 0.717) is 18.7 Å². The molecule has 1 aliphatic rings.